The van der Waals surface area contributed by atoms with E-state index in [1.54, 1.807) is 17.0 Å². The van der Waals surface area contributed by atoms with Crippen molar-refractivity contribution in [2.75, 3.05) is 19.8 Å². The molecule has 0 aromatic carbocycles. The molecule has 1 saturated heterocycles. The first-order valence-electron chi connectivity index (χ1n) is 4.83. The average molecular weight is 261 g/mol. The minimum absolute atomic E-state index is 0.0303. The van der Waals surface area contributed by atoms with Crippen molar-refractivity contribution in [3.8, 4) is 0 Å². The Labute approximate surface area is 103 Å². The number of rotatable bonds is 2. The molecule has 6 heteroatoms. The highest BCUT2D eigenvalue weighted by Gasteiger charge is 2.19. The van der Waals surface area contributed by atoms with Crippen LogP contribution in [0.25, 0.3) is 0 Å². The van der Waals surface area contributed by atoms with Crippen LogP contribution in [0.1, 0.15) is 5.56 Å². The molecule has 0 radical (unpaired) electrons. The average Bonchev–Trinajstić information content (AvgIpc) is 2.25. The van der Waals surface area contributed by atoms with Crippen LogP contribution < -0.4 is 0 Å². The van der Waals surface area contributed by atoms with Crippen LogP contribution in [0.3, 0.4) is 0 Å². The van der Waals surface area contributed by atoms with E-state index < -0.39 is 0 Å². The zero-order valence-corrected chi connectivity index (χ0v) is 9.96. The van der Waals surface area contributed by atoms with Crippen molar-refractivity contribution in [2.24, 2.45) is 0 Å². The predicted molar refractivity (Wildman–Crippen MR) is 60.5 cm³/mol. The molecule has 2 rings (SSSR count). The Bertz CT molecular complexity index is 412. The third-order valence-corrected chi connectivity index (χ3v) is 2.87. The Morgan fingerprint density at radius 1 is 1.44 bits per heavy atom. The molecule has 86 valence electrons. The van der Waals surface area contributed by atoms with Crippen LogP contribution in [0.4, 0.5) is 0 Å². The summed E-state index contributed by atoms with van der Waals surface area (Å²) < 4.78 is 5.04. The zero-order valence-electron chi connectivity index (χ0n) is 8.45. The number of pyridine rings is 1. The van der Waals surface area contributed by atoms with Crippen molar-refractivity contribution in [3.63, 3.8) is 0 Å². The number of hydrogen-bond acceptors (Lipinski definition) is 3. The monoisotopic (exact) mass is 260 g/mol. The van der Waals surface area contributed by atoms with Gasteiger partial charge in [0.2, 0.25) is 5.91 Å². The molecule has 16 heavy (non-hydrogen) atoms. The Kier molecular flexibility index (Phi) is 3.63. The first kappa shape index (κ1) is 11.6. The summed E-state index contributed by atoms with van der Waals surface area (Å²) in [6.07, 6.45) is 0. The molecule has 1 amide bonds. The lowest BCUT2D eigenvalue weighted by atomic mass is 10.2. The minimum atomic E-state index is -0.0303. The van der Waals surface area contributed by atoms with E-state index in [2.05, 4.69) is 4.98 Å². The molecule has 0 N–H and O–H groups in total. The molecule has 1 fully saturated rings. The van der Waals surface area contributed by atoms with Gasteiger partial charge in [-0.05, 0) is 6.07 Å². The number of carbonyl (C=O) groups excluding carboxylic acids is 1. The van der Waals surface area contributed by atoms with Gasteiger partial charge in [0.15, 0.2) is 0 Å². The molecular formula is C10H10Cl2N2O2. The molecule has 0 unspecified atom stereocenters. The van der Waals surface area contributed by atoms with Crippen LogP contribution in [0.2, 0.25) is 10.3 Å². The molecule has 1 aliphatic heterocycles. The number of ether oxygens (including phenoxy) is 1. The molecule has 0 saturated carbocycles. The third-order valence-electron chi connectivity index (χ3n) is 2.34. The Balaban J connectivity index is 2.10. The van der Waals surface area contributed by atoms with Gasteiger partial charge in [-0.15, -0.1) is 0 Å². The quantitative estimate of drug-likeness (QED) is 0.761. The van der Waals surface area contributed by atoms with Gasteiger partial charge >= 0.3 is 0 Å². The summed E-state index contributed by atoms with van der Waals surface area (Å²) in [5.41, 5.74) is 0.793. The second-order valence-electron chi connectivity index (χ2n) is 3.45. The van der Waals surface area contributed by atoms with E-state index in [1.807, 2.05) is 0 Å². The number of aromatic nitrogens is 1. The van der Waals surface area contributed by atoms with E-state index in [9.17, 15) is 4.79 Å². The van der Waals surface area contributed by atoms with Gasteiger partial charge in [0.05, 0.1) is 6.61 Å². The molecule has 4 nitrogen and oxygen atoms in total. The van der Waals surface area contributed by atoms with E-state index in [0.717, 1.165) is 5.56 Å². The summed E-state index contributed by atoms with van der Waals surface area (Å²) >= 11 is 11.6. The predicted octanol–water partition coefficient (Wildman–Crippen LogP) is 1.75. The van der Waals surface area contributed by atoms with Crippen LogP contribution in [0, 0.1) is 0 Å². The maximum absolute atomic E-state index is 11.5. The molecule has 1 aromatic heterocycles. The second kappa shape index (κ2) is 4.99. The zero-order chi connectivity index (χ0) is 11.5. The first-order valence-corrected chi connectivity index (χ1v) is 5.59. The maximum atomic E-state index is 11.5. The van der Waals surface area contributed by atoms with Gasteiger partial charge in [-0.2, -0.15) is 0 Å². The summed E-state index contributed by atoms with van der Waals surface area (Å²) in [5.74, 6) is -0.0303. The number of hydrogen-bond donors (Lipinski definition) is 0. The van der Waals surface area contributed by atoms with Crippen LogP contribution in [-0.4, -0.2) is 35.5 Å². The fraction of sp³-hybridized carbons (Fsp3) is 0.400. The van der Waals surface area contributed by atoms with Gasteiger partial charge in [-0.1, -0.05) is 29.3 Å². The Hall–Kier alpha value is -0.840. The number of amides is 1. The lowest BCUT2D eigenvalue weighted by molar-refractivity contribution is -0.143. The number of halogens is 2. The van der Waals surface area contributed by atoms with Gasteiger partial charge in [0.1, 0.15) is 16.9 Å². The maximum Gasteiger partial charge on any atom is 0.248 e. The fourth-order valence-electron chi connectivity index (χ4n) is 1.48. The first-order chi connectivity index (χ1) is 7.66. The topological polar surface area (TPSA) is 42.4 Å². The van der Waals surface area contributed by atoms with Crippen molar-refractivity contribution < 1.29 is 9.53 Å². The van der Waals surface area contributed by atoms with Gasteiger partial charge in [0, 0.05) is 18.7 Å². The van der Waals surface area contributed by atoms with E-state index in [-0.39, 0.29) is 12.5 Å². The number of nitrogens with zero attached hydrogens (tertiary/aromatic N) is 2. The van der Waals surface area contributed by atoms with Crippen LogP contribution in [-0.2, 0) is 16.1 Å². The SMILES string of the molecule is O=C1COCCN1Cc1ccc(Cl)nc1Cl. The fourth-order valence-corrected chi connectivity index (χ4v) is 1.89. The van der Waals surface area contributed by atoms with Crippen molar-refractivity contribution in [3.05, 3.63) is 28.0 Å². The highest BCUT2D eigenvalue weighted by molar-refractivity contribution is 6.32. The highest BCUT2D eigenvalue weighted by atomic mass is 35.5. The summed E-state index contributed by atoms with van der Waals surface area (Å²) in [4.78, 5) is 17.1. The summed E-state index contributed by atoms with van der Waals surface area (Å²) in [5, 5.41) is 0.689. The van der Waals surface area contributed by atoms with Crippen molar-refractivity contribution in [1.29, 1.82) is 0 Å². The van der Waals surface area contributed by atoms with E-state index in [4.69, 9.17) is 27.9 Å². The molecule has 0 bridgehead atoms. The van der Waals surface area contributed by atoms with Gasteiger partial charge in [-0.25, -0.2) is 4.98 Å². The van der Waals surface area contributed by atoms with Crippen LogP contribution in [0.5, 0.6) is 0 Å². The van der Waals surface area contributed by atoms with Crippen molar-refractivity contribution >= 4 is 29.1 Å². The van der Waals surface area contributed by atoms with Crippen LogP contribution >= 0.6 is 23.2 Å². The normalized spacial score (nSPS) is 16.6. The largest absolute Gasteiger partial charge is 0.370 e. The molecule has 0 spiro atoms. The minimum Gasteiger partial charge on any atom is -0.370 e. The summed E-state index contributed by atoms with van der Waals surface area (Å²) in [6, 6.07) is 3.44. The lowest BCUT2D eigenvalue weighted by Crippen LogP contribution is -2.41. The van der Waals surface area contributed by atoms with Crippen molar-refractivity contribution in [1.82, 2.24) is 9.88 Å². The second-order valence-corrected chi connectivity index (χ2v) is 4.20. The third kappa shape index (κ3) is 2.64. The Morgan fingerprint density at radius 2 is 2.25 bits per heavy atom. The molecule has 0 aliphatic carbocycles. The van der Waals surface area contributed by atoms with Gasteiger partial charge in [0.25, 0.3) is 0 Å². The van der Waals surface area contributed by atoms with E-state index in [0.29, 0.717) is 30.0 Å². The van der Waals surface area contributed by atoms with Gasteiger partial charge < -0.3 is 9.64 Å². The molecule has 0 atom stereocenters. The van der Waals surface area contributed by atoms with Crippen LogP contribution in [0.15, 0.2) is 12.1 Å². The summed E-state index contributed by atoms with van der Waals surface area (Å²) in [6.45, 7) is 1.73. The van der Waals surface area contributed by atoms with E-state index in [1.165, 1.54) is 0 Å². The number of morpholine rings is 1. The van der Waals surface area contributed by atoms with E-state index >= 15 is 0 Å². The van der Waals surface area contributed by atoms with Crippen molar-refractivity contribution in [2.45, 2.75) is 6.54 Å². The van der Waals surface area contributed by atoms with Gasteiger partial charge in [-0.3, -0.25) is 4.79 Å². The molecule has 2 heterocycles. The number of carbonyl (C=O) groups is 1. The highest BCUT2D eigenvalue weighted by Crippen LogP contribution is 2.18. The Morgan fingerprint density at radius 3 is 2.94 bits per heavy atom. The lowest BCUT2D eigenvalue weighted by Gasteiger charge is -2.26. The molecule has 1 aromatic rings. The molecular weight excluding hydrogens is 251 g/mol. The molecule has 1 aliphatic rings. The summed E-state index contributed by atoms with van der Waals surface area (Å²) in [7, 11) is 0. The smallest absolute Gasteiger partial charge is 0.248 e. The standard InChI is InChI=1S/C10H10Cl2N2O2/c11-8-2-1-7(10(12)13-8)5-14-3-4-16-6-9(14)15/h1-2H,3-6H2.